The SMILES string of the molecule is CCCCCC(OC(=O)C[N+](C)(C)CCOC(C)=O)C(O)C/C=C\CCCCCCCC(N)=O. The van der Waals surface area contributed by atoms with Gasteiger partial charge in [0.15, 0.2) is 6.54 Å². The Morgan fingerprint density at radius 1 is 1.00 bits per heavy atom. The first-order valence-electron chi connectivity index (χ1n) is 12.8. The molecule has 0 aromatic heterocycles. The molecule has 0 aliphatic rings. The maximum atomic E-state index is 12.6. The summed E-state index contributed by atoms with van der Waals surface area (Å²) in [5.41, 5.74) is 5.14. The second-order valence-corrected chi connectivity index (χ2v) is 9.73. The Morgan fingerprint density at radius 2 is 1.68 bits per heavy atom. The molecule has 0 aliphatic carbocycles. The smallest absolute Gasteiger partial charge is 0.362 e. The summed E-state index contributed by atoms with van der Waals surface area (Å²) in [6.45, 7) is 4.37. The van der Waals surface area contributed by atoms with Gasteiger partial charge in [-0.25, -0.2) is 4.79 Å². The molecule has 0 fully saturated rings. The Kier molecular flexibility index (Phi) is 18.3. The molecule has 8 nitrogen and oxygen atoms in total. The highest BCUT2D eigenvalue weighted by Crippen LogP contribution is 2.15. The van der Waals surface area contributed by atoms with Crippen LogP contribution in [0.15, 0.2) is 12.2 Å². The summed E-state index contributed by atoms with van der Waals surface area (Å²) < 4.78 is 11.0. The molecule has 0 aromatic rings. The minimum absolute atomic E-state index is 0.146. The van der Waals surface area contributed by atoms with Gasteiger partial charge in [-0.2, -0.15) is 0 Å². The van der Waals surface area contributed by atoms with Crippen LogP contribution in [-0.2, 0) is 23.9 Å². The number of hydrogen-bond acceptors (Lipinski definition) is 6. The van der Waals surface area contributed by atoms with Crippen LogP contribution >= 0.6 is 0 Å². The van der Waals surface area contributed by atoms with Gasteiger partial charge in [0.25, 0.3) is 0 Å². The van der Waals surface area contributed by atoms with Gasteiger partial charge in [0.1, 0.15) is 19.3 Å². The van der Waals surface area contributed by atoms with Crippen LogP contribution in [-0.4, -0.2) is 73.4 Å². The van der Waals surface area contributed by atoms with E-state index in [0.717, 1.165) is 57.8 Å². The molecule has 2 unspecified atom stereocenters. The van der Waals surface area contributed by atoms with Crippen molar-refractivity contribution in [2.75, 3.05) is 33.8 Å². The number of quaternary nitrogens is 1. The van der Waals surface area contributed by atoms with Crippen molar-refractivity contribution >= 4 is 17.8 Å². The third-order valence-electron chi connectivity index (χ3n) is 5.70. The lowest BCUT2D eigenvalue weighted by molar-refractivity contribution is -0.883. The molecular weight excluding hydrogens is 436 g/mol. The fourth-order valence-corrected chi connectivity index (χ4v) is 3.59. The average molecular weight is 486 g/mol. The molecule has 0 saturated carbocycles. The second kappa shape index (κ2) is 19.4. The van der Waals surface area contributed by atoms with E-state index in [0.29, 0.717) is 30.3 Å². The first-order valence-corrected chi connectivity index (χ1v) is 12.8. The van der Waals surface area contributed by atoms with Crippen molar-refractivity contribution < 1.29 is 33.4 Å². The van der Waals surface area contributed by atoms with Gasteiger partial charge in [0.05, 0.1) is 20.2 Å². The van der Waals surface area contributed by atoms with Crippen LogP contribution in [0.4, 0.5) is 0 Å². The van der Waals surface area contributed by atoms with Crippen molar-refractivity contribution in [2.24, 2.45) is 5.73 Å². The zero-order chi connectivity index (χ0) is 25.8. The van der Waals surface area contributed by atoms with E-state index in [4.69, 9.17) is 15.2 Å². The molecule has 3 N–H and O–H groups in total. The van der Waals surface area contributed by atoms with Gasteiger partial charge in [-0.05, 0) is 38.5 Å². The number of amides is 1. The van der Waals surface area contributed by atoms with Crippen LogP contribution in [0.2, 0.25) is 0 Å². The number of nitrogens with two attached hydrogens (primary N) is 1. The third-order valence-corrected chi connectivity index (χ3v) is 5.70. The lowest BCUT2D eigenvalue weighted by Gasteiger charge is -2.30. The summed E-state index contributed by atoms with van der Waals surface area (Å²) in [5.74, 6) is -0.925. The van der Waals surface area contributed by atoms with E-state index >= 15 is 0 Å². The molecule has 0 saturated heterocycles. The number of hydrogen-bond donors (Lipinski definition) is 2. The van der Waals surface area contributed by atoms with Crippen molar-refractivity contribution in [1.29, 1.82) is 0 Å². The van der Waals surface area contributed by atoms with E-state index < -0.39 is 12.2 Å². The van der Waals surface area contributed by atoms with Gasteiger partial charge < -0.3 is 24.8 Å². The number of unbranched alkanes of at least 4 members (excludes halogenated alkanes) is 7. The predicted octanol–water partition coefficient (Wildman–Crippen LogP) is 3.64. The predicted molar refractivity (Wildman–Crippen MR) is 134 cm³/mol. The molecule has 34 heavy (non-hydrogen) atoms. The van der Waals surface area contributed by atoms with Crippen molar-refractivity contribution in [2.45, 2.75) is 103 Å². The van der Waals surface area contributed by atoms with Crippen LogP contribution < -0.4 is 5.73 Å². The molecule has 198 valence electrons. The fourth-order valence-electron chi connectivity index (χ4n) is 3.59. The summed E-state index contributed by atoms with van der Waals surface area (Å²) in [7, 11) is 3.77. The lowest BCUT2D eigenvalue weighted by atomic mass is 10.0. The number of primary amides is 1. The van der Waals surface area contributed by atoms with Crippen molar-refractivity contribution in [3.05, 3.63) is 12.2 Å². The molecule has 0 bridgehead atoms. The average Bonchev–Trinajstić information content (AvgIpc) is 2.73. The molecule has 0 radical (unpaired) electrons. The summed E-state index contributed by atoms with van der Waals surface area (Å²) in [6, 6.07) is 0. The maximum absolute atomic E-state index is 12.6. The van der Waals surface area contributed by atoms with Gasteiger partial charge >= 0.3 is 11.9 Å². The topological polar surface area (TPSA) is 116 Å². The lowest BCUT2D eigenvalue weighted by Crippen LogP contribution is -2.47. The Morgan fingerprint density at radius 3 is 2.32 bits per heavy atom. The molecule has 0 aliphatic heterocycles. The molecule has 0 heterocycles. The van der Waals surface area contributed by atoms with E-state index in [2.05, 4.69) is 13.0 Å². The summed E-state index contributed by atoms with van der Waals surface area (Å²) >= 11 is 0. The van der Waals surface area contributed by atoms with E-state index in [1.807, 2.05) is 20.2 Å². The standard InChI is InChI=1S/C26H48N2O6/c1-5-6-13-17-24(34-26(32)21-28(3,4)19-20-33-22(2)29)23(30)16-14-11-9-7-8-10-12-15-18-25(27)31/h11,14,23-24,30H,5-10,12-13,15-21H2,1-4H3,(H-,27,31)/p+1/b14-11-. The summed E-state index contributed by atoms with van der Waals surface area (Å²) in [5, 5.41) is 10.7. The molecular formula is C26H49N2O6+. The van der Waals surface area contributed by atoms with Crippen LogP contribution in [0, 0.1) is 0 Å². The number of nitrogens with zero attached hydrogens (tertiary/aromatic N) is 1. The molecule has 0 spiro atoms. The van der Waals surface area contributed by atoms with Gasteiger partial charge in [-0.1, -0.05) is 51.2 Å². The van der Waals surface area contributed by atoms with Crippen LogP contribution in [0.3, 0.4) is 0 Å². The summed E-state index contributed by atoms with van der Waals surface area (Å²) in [6.07, 6.45) is 13.4. The Hall–Kier alpha value is -1.93. The zero-order valence-electron chi connectivity index (χ0n) is 21.9. The van der Waals surface area contributed by atoms with Crippen molar-refractivity contribution in [3.8, 4) is 0 Å². The minimum Gasteiger partial charge on any atom is -0.460 e. The zero-order valence-corrected chi connectivity index (χ0v) is 21.9. The number of ether oxygens (including phenoxy) is 2. The quantitative estimate of drug-likeness (QED) is 0.111. The second-order valence-electron chi connectivity index (χ2n) is 9.73. The largest absolute Gasteiger partial charge is 0.460 e. The van der Waals surface area contributed by atoms with Crippen molar-refractivity contribution in [1.82, 2.24) is 0 Å². The van der Waals surface area contributed by atoms with E-state index in [9.17, 15) is 19.5 Å². The van der Waals surface area contributed by atoms with Crippen LogP contribution in [0.5, 0.6) is 0 Å². The number of likely N-dealkylation sites (N-methyl/N-ethyl adjacent to an activating group) is 1. The maximum Gasteiger partial charge on any atom is 0.362 e. The Labute approximate surface area is 206 Å². The normalized spacial score (nSPS) is 13.6. The highest BCUT2D eigenvalue weighted by Gasteiger charge is 2.27. The molecule has 1 amide bonds. The summed E-state index contributed by atoms with van der Waals surface area (Å²) in [4.78, 5) is 34.2. The number of aliphatic hydroxyl groups excluding tert-OH is 1. The van der Waals surface area contributed by atoms with Gasteiger partial charge in [-0.15, -0.1) is 0 Å². The fraction of sp³-hybridized carbons (Fsp3) is 0.808. The highest BCUT2D eigenvalue weighted by molar-refractivity contribution is 5.73. The first-order chi connectivity index (χ1) is 16.1. The van der Waals surface area contributed by atoms with E-state index in [1.54, 1.807) is 0 Å². The van der Waals surface area contributed by atoms with E-state index in [-0.39, 0.29) is 31.0 Å². The van der Waals surface area contributed by atoms with Gasteiger partial charge in [0.2, 0.25) is 5.91 Å². The minimum atomic E-state index is -0.734. The number of aliphatic hydroxyl groups is 1. The molecule has 2 atom stereocenters. The number of esters is 2. The van der Waals surface area contributed by atoms with Crippen LogP contribution in [0.25, 0.3) is 0 Å². The number of rotatable bonds is 21. The highest BCUT2D eigenvalue weighted by atomic mass is 16.6. The number of carbonyl (C=O) groups is 3. The Bertz CT molecular complexity index is 606. The monoisotopic (exact) mass is 485 g/mol. The molecule has 0 rings (SSSR count). The molecule has 8 heteroatoms. The van der Waals surface area contributed by atoms with Crippen LogP contribution in [0.1, 0.15) is 90.9 Å². The van der Waals surface area contributed by atoms with Gasteiger partial charge in [-0.3, -0.25) is 9.59 Å². The van der Waals surface area contributed by atoms with E-state index in [1.165, 1.54) is 6.92 Å². The Balaban J connectivity index is 4.43. The number of allylic oxidation sites excluding steroid dienone is 1. The first kappa shape index (κ1) is 32.1. The number of carbonyl (C=O) groups excluding carboxylic acids is 3. The van der Waals surface area contributed by atoms with Gasteiger partial charge in [0, 0.05) is 13.3 Å². The van der Waals surface area contributed by atoms with Crippen molar-refractivity contribution in [3.63, 3.8) is 0 Å². The third kappa shape index (κ3) is 19.5. The molecule has 0 aromatic carbocycles.